The molecular formula is C16H15ClN4O2S. The third-order valence-corrected chi connectivity index (χ3v) is 4.36. The highest BCUT2D eigenvalue weighted by atomic mass is 35.5. The van der Waals surface area contributed by atoms with Crippen LogP contribution in [-0.2, 0) is 11.2 Å². The average Bonchev–Trinajstić information content (AvgIpc) is 3.17. The third kappa shape index (κ3) is 4.39. The van der Waals surface area contributed by atoms with Crippen LogP contribution in [0.5, 0.6) is 0 Å². The van der Waals surface area contributed by atoms with Gasteiger partial charge in [0.1, 0.15) is 0 Å². The van der Waals surface area contributed by atoms with Crippen LogP contribution in [0.4, 0.5) is 5.13 Å². The summed E-state index contributed by atoms with van der Waals surface area (Å²) in [7, 11) is 0. The Balaban J connectivity index is 1.48. The van der Waals surface area contributed by atoms with Crippen LogP contribution in [-0.4, -0.2) is 21.0 Å². The number of thiazole rings is 1. The van der Waals surface area contributed by atoms with Gasteiger partial charge < -0.3 is 9.84 Å². The van der Waals surface area contributed by atoms with Crippen LogP contribution in [0.3, 0.4) is 0 Å². The van der Waals surface area contributed by atoms with Crippen molar-refractivity contribution >= 4 is 34.0 Å². The van der Waals surface area contributed by atoms with Crippen molar-refractivity contribution < 1.29 is 9.32 Å². The van der Waals surface area contributed by atoms with Crippen molar-refractivity contribution in [2.45, 2.75) is 26.2 Å². The van der Waals surface area contributed by atoms with Gasteiger partial charge in [0.2, 0.25) is 17.6 Å². The van der Waals surface area contributed by atoms with E-state index in [0.29, 0.717) is 41.1 Å². The first-order chi connectivity index (χ1) is 11.6. The number of nitrogens with zero attached hydrogens (tertiary/aromatic N) is 3. The zero-order valence-electron chi connectivity index (χ0n) is 13.0. The molecule has 0 aliphatic carbocycles. The number of amides is 1. The number of aromatic nitrogens is 3. The molecule has 0 fully saturated rings. The van der Waals surface area contributed by atoms with Crippen LogP contribution in [0.25, 0.3) is 11.4 Å². The van der Waals surface area contributed by atoms with Crippen LogP contribution in [0, 0.1) is 6.92 Å². The highest BCUT2D eigenvalue weighted by molar-refractivity contribution is 7.13. The number of carbonyl (C=O) groups is 1. The summed E-state index contributed by atoms with van der Waals surface area (Å²) < 4.78 is 5.22. The maximum absolute atomic E-state index is 11.8. The fourth-order valence-electron chi connectivity index (χ4n) is 2.07. The Hall–Kier alpha value is -2.25. The van der Waals surface area contributed by atoms with Crippen molar-refractivity contribution in [2.75, 3.05) is 5.32 Å². The Morgan fingerprint density at radius 2 is 2.08 bits per heavy atom. The van der Waals surface area contributed by atoms with E-state index in [1.54, 1.807) is 12.1 Å². The van der Waals surface area contributed by atoms with Crippen molar-refractivity contribution in [3.63, 3.8) is 0 Å². The van der Waals surface area contributed by atoms with Gasteiger partial charge in [-0.05, 0) is 37.6 Å². The van der Waals surface area contributed by atoms with Gasteiger partial charge in [0.05, 0.1) is 5.69 Å². The van der Waals surface area contributed by atoms with Gasteiger partial charge in [-0.15, -0.1) is 11.3 Å². The Kier molecular flexibility index (Phi) is 5.22. The van der Waals surface area contributed by atoms with Crippen LogP contribution in [0.2, 0.25) is 5.02 Å². The Morgan fingerprint density at radius 1 is 1.29 bits per heavy atom. The predicted molar refractivity (Wildman–Crippen MR) is 93.2 cm³/mol. The molecule has 3 rings (SSSR count). The number of carbonyl (C=O) groups excluding carboxylic acids is 1. The number of benzene rings is 1. The average molecular weight is 363 g/mol. The normalized spacial score (nSPS) is 10.8. The highest BCUT2D eigenvalue weighted by Crippen LogP contribution is 2.19. The number of halogens is 1. The summed E-state index contributed by atoms with van der Waals surface area (Å²) in [5, 5.41) is 9.90. The van der Waals surface area contributed by atoms with Gasteiger partial charge in [-0.2, -0.15) is 4.98 Å². The minimum Gasteiger partial charge on any atom is -0.339 e. The lowest BCUT2D eigenvalue weighted by atomic mass is 10.2. The molecule has 0 bridgehead atoms. The van der Waals surface area contributed by atoms with Gasteiger partial charge in [-0.3, -0.25) is 4.79 Å². The lowest BCUT2D eigenvalue weighted by Crippen LogP contribution is -2.11. The van der Waals surface area contributed by atoms with Crippen molar-refractivity contribution in [3.05, 3.63) is 46.3 Å². The topological polar surface area (TPSA) is 80.9 Å². The molecule has 0 saturated heterocycles. The number of hydrogen-bond acceptors (Lipinski definition) is 6. The van der Waals surface area contributed by atoms with Gasteiger partial charge in [-0.25, -0.2) is 4.98 Å². The van der Waals surface area contributed by atoms with E-state index in [2.05, 4.69) is 20.4 Å². The third-order valence-electron chi connectivity index (χ3n) is 3.23. The fraction of sp³-hybridized carbons (Fsp3) is 0.250. The zero-order chi connectivity index (χ0) is 16.9. The molecule has 0 aliphatic rings. The first-order valence-corrected chi connectivity index (χ1v) is 8.66. The number of nitrogens with one attached hydrogen (secondary N) is 1. The largest absolute Gasteiger partial charge is 0.339 e. The van der Waals surface area contributed by atoms with Gasteiger partial charge in [0.15, 0.2) is 5.13 Å². The predicted octanol–water partition coefficient (Wildman–Crippen LogP) is 4.12. The molecule has 2 heterocycles. The van der Waals surface area contributed by atoms with E-state index in [-0.39, 0.29) is 5.91 Å². The van der Waals surface area contributed by atoms with E-state index < -0.39 is 0 Å². The summed E-state index contributed by atoms with van der Waals surface area (Å²) in [4.78, 5) is 20.4. The molecule has 1 N–H and O–H groups in total. The summed E-state index contributed by atoms with van der Waals surface area (Å²) in [6, 6.07) is 7.22. The molecule has 0 radical (unpaired) electrons. The summed E-state index contributed by atoms with van der Waals surface area (Å²) in [6.45, 7) is 1.89. The van der Waals surface area contributed by atoms with E-state index in [1.807, 2.05) is 24.4 Å². The maximum atomic E-state index is 11.8. The molecule has 124 valence electrons. The first kappa shape index (κ1) is 16.6. The molecule has 0 aliphatic heterocycles. The van der Waals surface area contributed by atoms with Crippen molar-refractivity contribution in [1.82, 2.24) is 15.1 Å². The zero-order valence-corrected chi connectivity index (χ0v) is 14.5. The number of aryl methyl sites for hydroxylation is 2. The SMILES string of the molecule is Cc1csc(NC(=O)CCCc2nc(-c3ccc(Cl)cc3)no2)n1. The van der Waals surface area contributed by atoms with Crippen LogP contribution in [0.1, 0.15) is 24.4 Å². The first-order valence-electron chi connectivity index (χ1n) is 7.40. The molecule has 1 amide bonds. The summed E-state index contributed by atoms with van der Waals surface area (Å²) in [5.74, 6) is 0.962. The van der Waals surface area contributed by atoms with E-state index in [0.717, 1.165) is 11.3 Å². The lowest BCUT2D eigenvalue weighted by Gasteiger charge is -1.99. The second-order valence-electron chi connectivity index (χ2n) is 5.21. The second-order valence-corrected chi connectivity index (χ2v) is 6.51. The quantitative estimate of drug-likeness (QED) is 0.713. The molecule has 0 atom stereocenters. The molecule has 0 spiro atoms. The Labute approximate surface area is 147 Å². The van der Waals surface area contributed by atoms with Crippen LogP contribution >= 0.6 is 22.9 Å². The monoisotopic (exact) mass is 362 g/mol. The summed E-state index contributed by atoms with van der Waals surface area (Å²) >= 11 is 7.27. The Morgan fingerprint density at radius 3 is 2.79 bits per heavy atom. The van der Waals surface area contributed by atoms with Gasteiger partial charge in [0.25, 0.3) is 0 Å². The highest BCUT2D eigenvalue weighted by Gasteiger charge is 2.10. The molecule has 24 heavy (non-hydrogen) atoms. The lowest BCUT2D eigenvalue weighted by molar-refractivity contribution is -0.116. The van der Waals surface area contributed by atoms with E-state index in [9.17, 15) is 4.79 Å². The summed E-state index contributed by atoms with van der Waals surface area (Å²) in [5.41, 5.74) is 1.74. The van der Waals surface area contributed by atoms with Gasteiger partial charge in [0, 0.05) is 28.8 Å². The molecule has 1 aromatic carbocycles. The minimum absolute atomic E-state index is 0.0678. The molecule has 0 saturated carbocycles. The Bertz CT molecular complexity index is 829. The summed E-state index contributed by atoms with van der Waals surface area (Å²) in [6.07, 6.45) is 1.54. The fourth-order valence-corrected chi connectivity index (χ4v) is 2.90. The number of anilines is 1. The van der Waals surface area contributed by atoms with Crippen LogP contribution in [0.15, 0.2) is 34.2 Å². The van der Waals surface area contributed by atoms with Crippen molar-refractivity contribution in [1.29, 1.82) is 0 Å². The molecular weight excluding hydrogens is 348 g/mol. The minimum atomic E-state index is -0.0678. The molecule has 8 heteroatoms. The molecule has 0 unspecified atom stereocenters. The maximum Gasteiger partial charge on any atom is 0.226 e. The van der Waals surface area contributed by atoms with Crippen LogP contribution < -0.4 is 5.32 Å². The van der Waals surface area contributed by atoms with Gasteiger partial charge >= 0.3 is 0 Å². The molecule has 6 nitrogen and oxygen atoms in total. The number of hydrogen-bond donors (Lipinski definition) is 1. The standard InChI is InChI=1S/C16H15ClN4O2S/c1-10-9-24-16(18-10)19-13(22)3-2-4-14-20-15(21-23-14)11-5-7-12(17)8-6-11/h5-9H,2-4H2,1H3,(H,18,19,22). The smallest absolute Gasteiger partial charge is 0.226 e. The van der Waals surface area contributed by atoms with Crippen molar-refractivity contribution in [2.24, 2.45) is 0 Å². The van der Waals surface area contributed by atoms with E-state index in [1.165, 1.54) is 11.3 Å². The molecule has 2 aromatic heterocycles. The second kappa shape index (κ2) is 7.55. The van der Waals surface area contributed by atoms with Gasteiger partial charge in [-0.1, -0.05) is 16.8 Å². The van der Waals surface area contributed by atoms with E-state index >= 15 is 0 Å². The van der Waals surface area contributed by atoms with Crippen molar-refractivity contribution in [3.8, 4) is 11.4 Å². The van der Waals surface area contributed by atoms with E-state index in [4.69, 9.17) is 16.1 Å². The molecule has 3 aromatic rings. The number of rotatable bonds is 6.